The summed E-state index contributed by atoms with van der Waals surface area (Å²) in [4.78, 5) is 10.2. The van der Waals surface area contributed by atoms with Gasteiger partial charge >= 0.3 is 5.97 Å². The van der Waals surface area contributed by atoms with Crippen LogP contribution in [0.2, 0.25) is 0 Å². The Hall–Kier alpha value is -0.860. The molecule has 0 aromatic rings. The average molecular weight is 146 g/mol. The topological polar surface area (TPSA) is 26.3 Å². The van der Waals surface area contributed by atoms with E-state index in [0.29, 0.717) is 5.57 Å². The van der Waals surface area contributed by atoms with Gasteiger partial charge in [-0.25, -0.2) is 4.39 Å². The summed E-state index contributed by atoms with van der Waals surface area (Å²) in [6.07, 6.45) is 0. The lowest BCUT2D eigenvalue weighted by molar-refractivity contribution is -0.140. The Bertz CT molecular complexity index is 157. The minimum absolute atomic E-state index is 0.238. The van der Waals surface area contributed by atoms with E-state index in [9.17, 15) is 9.18 Å². The molecule has 2 nitrogen and oxygen atoms in total. The van der Waals surface area contributed by atoms with Gasteiger partial charge in [0.1, 0.15) is 12.4 Å². The number of hydrogen-bond acceptors (Lipinski definition) is 2. The smallest absolute Gasteiger partial charge is 0.303 e. The van der Waals surface area contributed by atoms with Crippen molar-refractivity contribution in [1.82, 2.24) is 0 Å². The number of hydrogen-bond donors (Lipinski definition) is 0. The molecule has 0 fully saturated rings. The van der Waals surface area contributed by atoms with E-state index in [4.69, 9.17) is 0 Å². The van der Waals surface area contributed by atoms with Gasteiger partial charge in [-0.3, -0.25) is 4.79 Å². The first-order chi connectivity index (χ1) is 4.54. The zero-order chi connectivity index (χ0) is 8.15. The highest BCUT2D eigenvalue weighted by Crippen LogP contribution is 2.04. The number of halogens is 1. The Morgan fingerprint density at radius 2 is 1.90 bits per heavy atom. The van der Waals surface area contributed by atoms with Gasteiger partial charge < -0.3 is 4.74 Å². The molecular weight excluding hydrogens is 135 g/mol. The molecule has 0 aromatic heterocycles. The zero-order valence-electron chi connectivity index (χ0n) is 6.40. The molecule has 0 aromatic carbocycles. The molecule has 0 atom stereocenters. The Kier molecular flexibility index (Phi) is 3.69. The van der Waals surface area contributed by atoms with Gasteiger partial charge in [0.15, 0.2) is 0 Å². The second-order valence-electron chi connectivity index (χ2n) is 2.19. The average Bonchev–Trinajstić information content (AvgIpc) is 1.82. The van der Waals surface area contributed by atoms with Gasteiger partial charge in [0, 0.05) is 6.92 Å². The summed E-state index contributed by atoms with van der Waals surface area (Å²) in [7, 11) is 0. The summed E-state index contributed by atoms with van der Waals surface area (Å²) < 4.78 is 16.9. The van der Waals surface area contributed by atoms with E-state index in [1.54, 1.807) is 13.8 Å². The molecule has 0 saturated carbocycles. The van der Waals surface area contributed by atoms with E-state index in [1.165, 1.54) is 6.92 Å². The Balaban J connectivity index is 3.71. The quantitative estimate of drug-likeness (QED) is 0.555. The number of allylic oxidation sites excluding steroid dienone is 1. The number of carbonyl (C=O) groups excluding carboxylic acids is 1. The molecule has 0 aliphatic carbocycles. The van der Waals surface area contributed by atoms with E-state index in [-0.39, 0.29) is 12.4 Å². The summed E-state index contributed by atoms with van der Waals surface area (Å²) in [5.41, 5.74) is 0.543. The lowest BCUT2D eigenvalue weighted by Gasteiger charge is -1.99. The van der Waals surface area contributed by atoms with Crippen molar-refractivity contribution >= 4 is 5.97 Å². The van der Waals surface area contributed by atoms with Crippen molar-refractivity contribution in [1.29, 1.82) is 0 Å². The lowest BCUT2D eigenvalue weighted by atomic mass is 10.3. The Morgan fingerprint density at radius 1 is 1.40 bits per heavy atom. The van der Waals surface area contributed by atoms with Crippen LogP contribution < -0.4 is 0 Å². The fraction of sp³-hybridized carbons (Fsp3) is 0.571. The molecule has 0 bridgehead atoms. The van der Waals surface area contributed by atoms with E-state index in [0.717, 1.165) is 0 Å². The first-order valence-corrected chi connectivity index (χ1v) is 2.99. The maximum atomic E-state index is 12.5. The number of esters is 1. The third-order valence-corrected chi connectivity index (χ3v) is 0.945. The van der Waals surface area contributed by atoms with Gasteiger partial charge in [0.05, 0.1) is 0 Å². The highest BCUT2D eigenvalue weighted by atomic mass is 19.1. The maximum absolute atomic E-state index is 12.5. The summed E-state index contributed by atoms with van der Waals surface area (Å²) >= 11 is 0. The molecule has 3 heteroatoms. The van der Waals surface area contributed by atoms with Crippen molar-refractivity contribution in [3.8, 4) is 0 Å². The first kappa shape index (κ1) is 9.14. The second kappa shape index (κ2) is 4.04. The van der Waals surface area contributed by atoms with Crippen LogP contribution in [0, 0.1) is 0 Å². The normalized spacial score (nSPS) is 8.80. The number of carbonyl (C=O) groups is 1. The molecule has 0 saturated heterocycles. The molecule has 10 heavy (non-hydrogen) atoms. The monoisotopic (exact) mass is 146 g/mol. The molecule has 58 valence electrons. The third-order valence-electron chi connectivity index (χ3n) is 0.945. The van der Waals surface area contributed by atoms with Gasteiger partial charge in [-0.15, -0.1) is 0 Å². The van der Waals surface area contributed by atoms with Crippen LogP contribution in [0.25, 0.3) is 0 Å². The van der Waals surface area contributed by atoms with Gasteiger partial charge in [-0.2, -0.15) is 0 Å². The van der Waals surface area contributed by atoms with Crippen LogP contribution >= 0.6 is 0 Å². The van der Waals surface area contributed by atoms with Crippen LogP contribution in [-0.2, 0) is 9.53 Å². The highest BCUT2D eigenvalue weighted by molar-refractivity contribution is 5.66. The fourth-order valence-corrected chi connectivity index (χ4v) is 0.309. The van der Waals surface area contributed by atoms with Gasteiger partial charge in [0.25, 0.3) is 0 Å². The van der Waals surface area contributed by atoms with Gasteiger partial charge in [-0.05, 0) is 19.4 Å². The van der Waals surface area contributed by atoms with E-state index in [2.05, 4.69) is 4.74 Å². The summed E-state index contributed by atoms with van der Waals surface area (Å²) in [6.45, 7) is 4.26. The number of ether oxygens (including phenoxy) is 1. The van der Waals surface area contributed by atoms with E-state index >= 15 is 0 Å². The molecule has 0 amide bonds. The van der Waals surface area contributed by atoms with Crippen LogP contribution in [0.5, 0.6) is 0 Å². The van der Waals surface area contributed by atoms with Crippen LogP contribution in [0.4, 0.5) is 4.39 Å². The van der Waals surface area contributed by atoms with Crippen molar-refractivity contribution in [3.05, 3.63) is 11.4 Å². The van der Waals surface area contributed by atoms with Gasteiger partial charge in [0.2, 0.25) is 0 Å². The Morgan fingerprint density at radius 3 is 2.20 bits per heavy atom. The van der Waals surface area contributed by atoms with Gasteiger partial charge in [-0.1, -0.05) is 0 Å². The predicted octanol–water partition coefficient (Wildman–Crippen LogP) is 1.81. The SMILES string of the molecule is CC(=O)OCC(F)=C(C)C. The van der Waals surface area contributed by atoms with E-state index < -0.39 is 5.97 Å². The molecule has 0 rings (SSSR count). The largest absolute Gasteiger partial charge is 0.459 e. The molecular formula is C7H11FO2. The molecule has 0 N–H and O–H groups in total. The minimum Gasteiger partial charge on any atom is -0.459 e. The molecule has 0 heterocycles. The zero-order valence-corrected chi connectivity index (χ0v) is 6.40. The standard InChI is InChI=1S/C7H11FO2/c1-5(2)7(8)4-10-6(3)9/h4H2,1-3H3. The summed E-state index contributed by atoms with van der Waals surface area (Å²) in [6, 6.07) is 0. The second-order valence-corrected chi connectivity index (χ2v) is 2.19. The van der Waals surface area contributed by atoms with E-state index in [1.807, 2.05) is 0 Å². The molecule has 0 spiro atoms. The molecule has 0 aliphatic rings. The highest BCUT2D eigenvalue weighted by Gasteiger charge is 1.99. The van der Waals surface area contributed by atoms with Crippen LogP contribution in [-0.4, -0.2) is 12.6 Å². The lowest BCUT2D eigenvalue weighted by Crippen LogP contribution is -2.01. The predicted molar refractivity (Wildman–Crippen MR) is 36.1 cm³/mol. The minimum atomic E-state index is -0.462. The van der Waals surface area contributed by atoms with Crippen LogP contribution in [0.3, 0.4) is 0 Å². The van der Waals surface area contributed by atoms with Crippen LogP contribution in [0.15, 0.2) is 11.4 Å². The first-order valence-electron chi connectivity index (χ1n) is 2.99. The fourth-order valence-electron chi connectivity index (χ4n) is 0.309. The van der Waals surface area contributed by atoms with Crippen molar-refractivity contribution < 1.29 is 13.9 Å². The summed E-state index contributed by atoms with van der Waals surface area (Å²) in [5, 5.41) is 0. The molecule has 0 unspecified atom stereocenters. The van der Waals surface area contributed by atoms with Crippen molar-refractivity contribution in [2.45, 2.75) is 20.8 Å². The third kappa shape index (κ3) is 4.06. The van der Waals surface area contributed by atoms with Crippen molar-refractivity contribution in [2.24, 2.45) is 0 Å². The summed E-state index contributed by atoms with van der Waals surface area (Å²) in [5.74, 6) is -0.841. The van der Waals surface area contributed by atoms with Crippen LogP contribution in [0.1, 0.15) is 20.8 Å². The Labute approximate surface area is 59.7 Å². The molecule has 0 radical (unpaired) electrons. The maximum Gasteiger partial charge on any atom is 0.303 e. The van der Waals surface area contributed by atoms with Crippen molar-refractivity contribution in [3.63, 3.8) is 0 Å². The number of rotatable bonds is 2. The molecule has 0 aliphatic heterocycles. The van der Waals surface area contributed by atoms with Crippen molar-refractivity contribution in [2.75, 3.05) is 6.61 Å².